The predicted octanol–water partition coefficient (Wildman–Crippen LogP) is 2.98. The summed E-state index contributed by atoms with van der Waals surface area (Å²) >= 11 is 0. The lowest BCUT2D eigenvalue weighted by molar-refractivity contribution is -0.0403. The third-order valence-electron chi connectivity index (χ3n) is 4.51. The number of likely N-dealkylation sites (N-methyl/N-ethyl adjacent to an activating group) is 1. The summed E-state index contributed by atoms with van der Waals surface area (Å²) in [6.07, 6.45) is 5.63. The van der Waals surface area contributed by atoms with Gasteiger partial charge in [-0.3, -0.25) is 0 Å². The van der Waals surface area contributed by atoms with E-state index >= 15 is 0 Å². The lowest BCUT2D eigenvalue weighted by Crippen LogP contribution is -2.35. The molecule has 1 heterocycles. The van der Waals surface area contributed by atoms with Gasteiger partial charge in [0.15, 0.2) is 0 Å². The molecule has 5 heteroatoms. The maximum absolute atomic E-state index is 5.82. The first kappa shape index (κ1) is 15.4. The largest absolute Gasteiger partial charge is 0.367 e. The van der Waals surface area contributed by atoms with Gasteiger partial charge in [0.1, 0.15) is 5.60 Å². The standard InChI is InChI=1S/C15H27N3O2/c1-5-15(3,19-6-2)14-17-13(20-18-14)11-9-7-8-10-12(11)16-4/h11-12,16H,5-10H2,1-4H3. The predicted molar refractivity (Wildman–Crippen MR) is 77.6 cm³/mol. The smallest absolute Gasteiger partial charge is 0.231 e. The zero-order chi connectivity index (χ0) is 14.6. The van der Waals surface area contributed by atoms with Crippen molar-refractivity contribution in [3.8, 4) is 0 Å². The van der Waals surface area contributed by atoms with Gasteiger partial charge in [0.2, 0.25) is 11.7 Å². The van der Waals surface area contributed by atoms with Crippen molar-refractivity contribution < 1.29 is 9.26 Å². The highest BCUT2D eigenvalue weighted by Crippen LogP contribution is 2.34. The molecule has 5 nitrogen and oxygen atoms in total. The van der Waals surface area contributed by atoms with Crippen molar-refractivity contribution in [1.29, 1.82) is 0 Å². The summed E-state index contributed by atoms with van der Waals surface area (Å²) in [5, 5.41) is 7.56. The molecule has 0 aliphatic heterocycles. The van der Waals surface area contributed by atoms with Crippen LogP contribution < -0.4 is 5.32 Å². The molecule has 114 valence electrons. The molecule has 1 aliphatic carbocycles. The van der Waals surface area contributed by atoms with Crippen LogP contribution in [0, 0.1) is 0 Å². The second-order valence-electron chi connectivity index (χ2n) is 5.76. The van der Waals surface area contributed by atoms with Crippen molar-refractivity contribution in [1.82, 2.24) is 15.5 Å². The van der Waals surface area contributed by atoms with Crippen LogP contribution in [0.15, 0.2) is 4.52 Å². The van der Waals surface area contributed by atoms with Gasteiger partial charge in [0.05, 0.1) is 5.92 Å². The molecule has 1 aliphatic rings. The Hall–Kier alpha value is -0.940. The quantitative estimate of drug-likeness (QED) is 0.868. The summed E-state index contributed by atoms with van der Waals surface area (Å²) in [4.78, 5) is 4.65. The molecule has 0 spiro atoms. The van der Waals surface area contributed by atoms with Crippen LogP contribution in [-0.2, 0) is 10.3 Å². The average Bonchev–Trinajstić information content (AvgIpc) is 2.97. The molecule has 2 rings (SSSR count). The van der Waals surface area contributed by atoms with Gasteiger partial charge in [-0.15, -0.1) is 0 Å². The molecule has 1 N–H and O–H groups in total. The molecule has 1 aromatic rings. The number of nitrogens with one attached hydrogen (secondary N) is 1. The van der Waals surface area contributed by atoms with E-state index in [1.165, 1.54) is 19.3 Å². The van der Waals surface area contributed by atoms with Gasteiger partial charge in [0, 0.05) is 12.6 Å². The fourth-order valence-electron chi connectivity index (χ4n) is 3.02. The molecule has 1 aromatic heterocycles. The second kappa shape index (κ2) is 6.68. The number of nitrogens with zero attached hydrogens (tertiary/aromatic N) is 2. The molecule has 0 saturated heterocycles. The molecular weight excluding hydrogens is 254 g/mol. The number of rotatable bonds is 6. The van der Waals surface area contributed by atoms with E-state index in [0.29, 0.717) is 24.4 Å². The Morgan fingerprint density at radius 3 is 2.75 bits per heavy atom. The Bertz CT molecular complexity index is 421. The molecule has 1 saturated carbocycles. The highest BCUT2D eigenvalue weighted by atomic mass is 16.5. The highest BCUT2D eigenvalue weighted by Gasteiger charge is 2.34. The van der Waals surface area contributed by atoms with E-state index in [9.17, 15) is 0 Å². The van der Waals surface area contributed by atoms with E-state index in [-0.39, 0.29) is 0 Å². The number of aromatic nitrogens is 2. The van der Waals surface area contributed by atoms with Crippen molar-refractivity contribution in [3.63, 3.8) is 0 Å². The van der Waals surface area contributed by atoms with Gasteiger partial charge in [-0.25, -0.2) is 0 Å². The summed E-state index contributed by atoms with van der Waals surface area (Å²) in [5.74, 6) is 1.77. The SMILES string of the molecule is CCOC(C)(CC)c1noc(C2CCCCC2NC)n1. The molecule has 0 amide bonds. The molecule has 1 fully saturated rings. The highest BCUT2D eigenvalue weighted by molar-refractivity contribution is 5.05. The van der Waals surface area contributed by atoms with Crippen LogP contribution in [-0.4, -0.2) is 29.8 Å². The summed E-state index contributed by atoms with van der Waals surface area (Å²) in [5.41, 5.74) is -0.444. The Morgan fingerprint density at radius 2 is 2.10 bits per heavy atom. The van der Waals surface area contributed by atoms with Gasteiger partial charge in [-0.2, -0.15) is 4.98 Å². The van der Waals surface area contributed by atoms with Crippen LogP contribution in [0.4, 0.5) is 0 Å². The van der Waals surface area contributed by atoms with Crippen LogP contribution in [0.2, 0.25) is 0 Å². The first-order chi connectivity index (χ1) is 9.64. The number of hydrogen-bond donors (Lipinski definition) is 1. The van der Waals surface area contributed by atoms with E-state index in [4.69, 9.17) is 9.26 Å². The summed E-state index contributed by atoms with van der Waals surface area (Å²) in [6, 6.07) is 0.442. The first-order valence-corrected chi connectivity index (χ1v) is 7.80. The Kier molecular flexibility index (Phi) is 5.16. The fourth-order valence-corrected chi connectivity index (χ4v) is 3.02. The molecule has 3 atom stereocenters. The molecule has 0 radical (unpaired) electrons. The molecule has 0 aromatic carbocycles. The van der Waals surface area contributed by atoms with E-state index in [2.05, 4.69) is 22.4 Å². The zero-order valence-corrected chi connectivity index (χ0v) is 13.1. The van der Waals surface area contributed by atoms with Gasteiger partial charge >= 0.3 is 0 Å². The first-order valence-electron chi connectivity index (χ1n) is 7.80. The Morgan fingerprint density at radius 1 is 1.35 bits per heavy atom. The normalized spacial score (nSPS) is 26.4. The molecule has 0 bridgehead atoms. The molecule has 3 unspecified atom stereocenters. The molecule has 20 heavy (non-hydrogen) atoms. The van der Waals surface area contributed by atoms with Gasteiger partial charge in [-0.05, 0) is 40.2 Å². The van der Waals surface area contributed by atoms with Crippen LogP contribution in [0.1, 0.15) is 70.5 Å². The average molecular weight is 281 g/mol. The van der Waals surface area contributed by atoms with E-state index < -0.39 is 5.60 Å². The minimum Gasteiger partial charge on any atom is -0.367 e. The van der Waals surface area contributed by atoms with Crippen molar-refractivity contribution in [2.45, 2.75) is 70.4 Å². The maximum atomic E-state index is 5.82. The molecular formula is C15H27N3O2. The van der Waals surface area contributed by atoms with Crippen molar-refractivity contribution >= 4 is 0 Å². The topological polar surface area (TPSA) is 60.2 Å². The van der Waals surface area contributed by atoms with Gasteiger partial charge in [-0.1, -0.05) is 24.9 Å². The number of hydrogen-bond acceptors (Lipinski definition) is 5. The van der Waals surface area contributed by atoms with E-state index in [0.717, 1.165) is 18.7 Å². The minimum absolute atomic E-state index is 0.331. The van der Waals surface area contributed by atoms with E-state index in [1.807, 2.05) is 20.9 Å². The van der Waals surface area contributed by atoms with E-state index in [1.54, 1.807) is 0 Å². The summed E-state index contributed by atoms with van der Waals surface area (Å²) in [6.45, 7) is 6.76. The lowest BCUT2D eigenvalue weighted by Gasteiger charge is -2.28. The fraction of sp³-hybridized carbons (Fsp3) is 0.867. The van der Waals surface area contributed by atoms with Crippen molar-refractivity contribution in [3.05, 3.63) is 11.7 Å². The monoisotopic (exact) mass is 281 g/mol. The lowest BCUT2D eigenvalue weighted by atomic mass is 9.84. The summed E-state index contributed by atoms with van der Waals surface area (Å²) in [7, 11) is 2.01. The van der Waals surface area contributed by atoms with Crippen molar-refractivity contribution in [2.75, 3.05) is 13.7 Å². The summed E-state index contributed by atoms with van der Waals surface area (Å²) < 4.78 is 11.4. The Balaban J connectivity index is 2.19. The van der Waals surface area contributed by atoms with Crippen LogP contribution in [0.5, 0.6) is 0 Å². The third kappa shape index (κ3) is 3.04. The minimum atomic E-state index is -0.444. The second-order valence-corrected chi connectivity index (χ2v) is 5.76. The van der Waals surface area contributed by atoms with Crippen LogP contribution in [0.3, 0.4) is 0 Å². The van der Waals surface area contributed by atoms with Gasteiger partial charge < -0.3 is 14.6 Å². The number of ether oxygens (including phenoxy) is 1. The third-order valence-corrected chi connectivity index (χ3v) is 4.51. The van der Waals surface area contributed by atoms with Gasteiger partial charge in [0.25, 0.3) is 0 Å². The van der Waals surface area contributed by atoms with Crippen LogP contribution >= 0.6 is 0 Å². The maximum Gasteiger partial charge on any atom is 0.231 e. The Labute approximate surface area is 121 Å². The van der Waals surface area contributed by atoms with Crippen LogP contribution in [0.25, 0.3) is 0 Å². The zero-order valence-electron chi connectivity index (χ0n) is 13.1. The van der Waals surface area contributed by atoms with Crippen molar-refractivity contribution in [2.24, 2.45) is 0 Å².